The summed E-state index contributed by atoms with van der Waals surface area (Å²) in [4.78, 5) is 45.3. The van der Waals surface area contributed by atoms with Gasteiger partial charge in [-0.15, -0.1) is 0 Å². The van der Waals surface area contributed by atoms with Crippen molar-refractivity contribution in [2.24, 2.45) is 5.73 Å². The van der Waals surface area contributed by atoms with Crippen LogP contribution in [0.1, 0.15) is 32.6 Å². The summed E-state index contributed by atoms with van der Waals surface area (Å²) in [5, 5.41) is 5.20. The first-order valence-corrected chi connectivity index (χ1v) is 16.0. The molecular weight excluding hydrogens is 584 g/mol. The summed E-state index contributed by atoms with van der Waals surface area (Å²) in [5.74, 6) is -0.849. The Bertz CT molecular complexity index is 1810. The van der Waals surface area contributed by atoms with E-state index in [0.29, 0.717) is 31.5 Å². The molecule has 0 aliphatic heterocycles. The lowest BCUT2D eigenvalue weighted by molar-refractivity contribution is -0.142. The molecule has 0 heterocycles. The van der Waals surface area contributed by atoms with Crippen LogP contribution < -0.4 is 11.1 Å². The van der Waals surface area contributed by atoms with Gasteiger partial charge in [0, 0.05) is 45.6 Å². The van der Waals surface area contributed by atoms with Gasteiger partial charge in [0.25, 0.3) is 5.91 Å². The summed E-state index contributed by atoms with van der Waals surface area (Å²) in [6.07, 6.45) is 1.28. The minimum atomic E-state index is -0.870. The first kappa shape index (κ1) is 33.1. The molecule has 0 saturated heterocycles. The number of benzene rings is 5. The number of fused-ring (bicyclic) bond motifs is 1. The van der Waals surface area contributed by atoms with E-state index in [2.05, 4.69) is 11.4 Å². The van der Waals surface area contributed by atoms with Crippen molar-refractivity contribution < 1.29 is 14.4 Å². The van der Waals surface area contributed by atoms with Crippen LogP contribution in [-0.2, 0) is 35.4 Å². The maximum atomic E-state index is 14.6. The number of nitrogens with two attached hydrogens (primary N) is 1. The molecule has 0 spiro atoms. The lowest BCUT2D eigenvalue weighted by atomic mass is 9.98. The highest BCUT2D eigenvalue weighted by Crippen LogP contribution is 2.21. The number of carbonyl (C=O) groups is 3. The molecule has 5 aromatic carbocycles. The van der Waals surface area contributed by atoms with Gasteiger partial charge in [-0.2, -0.15) is 0 Å². The number of nitrogens with one attached hydrogen (secondary N) is 1. The zero-order chi connectivity index (χ0) is 33.2. The second-order valence-electron chi connectivity index (χ2n) is 11.9. The van der Waals surface area contributed by atoms with Crippen LogP contribution in [-0.4, -0.2) is 60.2 Å². The lowest BCUT2D eigenvalue weighted by Crippen LogP contribution is -2.56. The van der Waals surface area contributed by atoms with Gasteiger partial charge in [-0.25, -0.2) is 0 Å². The number of nitrogens with zero attached hydrogens (tertiary/aromatic N) is 2. The molecule has 5 rings (SSSR count). The minimum Gasteiger partial charge on any atom is -0.354 e. The van der Waals surface area contributed by atoms with Crippen molar-refractivity contribution in [2.75, 3.05) is 20.6 Å². The van der Waals surface area contributed by atoms with Gasteiger partial charge in [0.05, 0.1) is 0 Å². The molecule has 0 radical (unpaired) electrons. The van der Waals surface area contributed by atoms with E-state index in [9.17, 15) is 14.4 Å². The molecule has 0 bridgehead atoms. The Labute approximate surface area is 277 Å². The third-order valence-electron chi connectivity index (χ3n) is 8.67. The van der Waals surface area contributed by atoms with E-state index in [0.717, 1.165) is 33.0 Å². The van der Waals surface area contributed by atoms with E-state index in [1.54, 1.807) is 32.3 Å². The molecule has 240 valence electrons. The van der Waals surface area contributed by atoms with Gasteiger partial charge in [-0.1, -0.05) is 115 Å². The monoisotopic (exact) mass is 626 g/mol. The average Bonchev–Trinajstić information content (AvgIpc) is 3.12. The first-order chi connectivity index (χ1) is 22.8. The van der Waals surface area contributed by atoms with Gasteiger partial charge < -0.3 is 20.9 Å². The Hall–Kier alpha value is -5.27. The van der Waals surface area contributed by atoms with Crippen molar-refractivity contribution in [2.45, 2.75) is 37.9 Å². The summed E-state index contributed by atoms with van der Waals surface area (Å²) >= 11 is 0. The van der Waals surface area contributed by atoms with Crippen LogP contribution >= 0.6 is 0 Å². The Morgan fingerprint density at radius 1 is 0.617 bits per heavy atom. The van der Waals surface area contributed by atoms with Crippen molar-refractivity contribution in [3.8, 4) is 0 Å². The van der Waals surface area contributed by atoms with Gasteiger partial charge in [0.2, 0.25) is 11.8 Å². The Balaban J connectivity index is 1.44. The SMILES string of the molecule is CN(C(=O)c1cccc(CN)c1)[C@H](Cc1ccc2ccccc2c1)C(=O)N(C)[C@H](Cc1ccccc1)C(=O)NCCc1ccccc1. The maximum absolute atomic E-state index is 14.6. The summed E-state index contributed by atoms with van der Waals surface area (Å²) in [6, 6.07) is 39.3. The number of amides is 3. The van der Waals surface area contributed by atoms with E-state index in [1.807, 2.05) is 103 Å². The minimum absolute atomic E-state index is 0.241. The molecule has 7 heteroatoms. The quantitative estimate of drug-likeness (QED) is 0.183. The number of hydrogen-bond donors (Lipinski definition) is 2. The summed E-state index contributed by atoms with van der Waals surface area (Å²) in [5.41, 5.74) is 10.1. The van der Waals surface area contributed by atoms with Crippen LogP contribution in [0, 0.1) is 0 Å². The van der Waals surface area contributed by atoms with Crippen molar-refractivity contribution in [3.05, 3.63) is 155 Å². The predicted molar refractivity (Wildman–Crippen MR) is 188 cm³/mol. The number of likely N-dealkylation sites (N-methyl/N-ethyl adjacent to an activating group) is 2. The second kappa shape index (κ2) is 15.8. The van der Waals surface area contributed by atoms with E-state index in [1.165, 1.54) is 9.80 Å². The molecule has 3 amide bonds. The molecule has 2 atom stereocenters. The van der Waals surface area contributed by atoms with Crippen molar-refractivity contribution in [1.82, 2.24) is 15.1 Å². The van der Waals surface area contributed by atoms with Gasteiger partial charge in [0.15, 0.2) is 0 Å². The number of hydrogen-bond acceptors (Lipinski definition) is 4. The normalized spacial score (nSPS) is 12.2. The Morgan fingerprint density at radius 2 is 1.23 bits per heavy atom. The zero-order valence-electron chi connectivity index (χ0n) is 27.0. The highest BCUT2D eigenvalue weighted by atomic mass is 16.2. The predicted octanol–water partition coefficient (Wildman–Crippen LogP) is 5.41. The highest BCUT2D eigenvalue weighted by Gasteiger charge is 2.35. The second-order valence-corrected chi connectivity index (χ2v) is 11.9. The molecule has 0 aromatic heterocycles. The van der Waals surface area contributed by atoms with Crippen LogP contribution in [0.15, 0.2) is 127 Å². The van der Waals surface area contributed by atoms with Gasteiger partial charge in [-0.05, 0) is 51.6 Å². The Kier molecular flexibility index (Phi) is 11.1. The molecule has 0 aliphatic rings. The topological polar surface area (TPSA) is 95.7 Å². The molecule has 0 aliphatic carbocycles. The van der Waals surface area contributed by atoms with E-state index >= 15 is 0 Å². The Morgan fingerprint density at radius 3 is 1.94 bits per heavy atom. The van der Waals surface area contributed by atoms with Crippen LogP contribution in [0.4, 0.5) is 0 Å². The summed E-state index contributed by atoms with van der Waals surface area (Å²) < 4.78 is 0. The fourth-order valence-electron chi connectivity index (χ4n) is 5.88. The molecule has 7 nitrogen and oxygen atoms in total. The van der Waals surface area contributed by atoms with Crippen LogP contribution in [0.3, 0.4) is 0 Å². The summed E-state index contributed by atoms with van der Waals surface area (Å²) in [7, 11) is 3.31. The van der Waals surface area contributed by atoms with E-state index in [-0.39, 0.29) is 24.1 Å². The molecular formula is C40H42N4O3. The van der Waals surface area contributed by atoms with E-state index in [4.69, 9.17) is 5.73 Å². The highest BCUT2D eigenvalue weighted by molar-refractivity contribution is 5.98. The van der Waals surface area contributed by atoms with Crippen LogP contribution in [0.2, 0.25) is 0 Å². The standard InChI is InChI=1S/C40H42N4O3/c1-43(36(26-30-14-7-4-8-15-30)38(45)42-23-22-29-12-5-3-6-13-29)40(47)37(27-31-20-21-33-17-9-10-18-34(33)24-31)44(2)39(46)35-19-11-16-32(25-35)28-41/h3-21,24-25,36-37H,22-23,26-28,41H2,1-2H3,(H,42,45)/t36-,37-/m1/s1. The van der Waals surface area contributed by atoms with E-state index < -0.39 is 12.1 Å². The lowest BCUT2D eigenvalue weighted by Gasteiger charge is -2.35. The van der Waals surface area contributed by atoms with Crippen molar-refractivity contribution in [1.29, 1.82) is 0 Å². The molecule has 3 N–H and O–H groups in total. The van der Waals surface area contributed by atoms with Crippen molar-refractivity contribution >= 4 is 28.5 Å². The largest absolute Gasteiger partial charge is 0.354 e. The maximum Gasteiger partial charge on any atom is 0.254 e. The van der Waals surface area contributed by atoms with Gasteiger partial charge in [0.1, 0.15) is 12.1 Å². The number of rotatable bonds is 13. The fourth-order valence-corrected chi connectivity index (χ4v) is 5.88. The van der Waals surface area contributed by atoms with Crippen LogP contribution in [0.25, 0.3) is 10.8 Å². The molecule has 5 aromatic rings. The third-order valence-corrected chi connectivity index (χ3v) is 8.67. The molecule has 0 saturated carbocycles. The summed E-state index contributed by atoms with van der Waals surface area (Å²) in [6.45, 7) is 0.736. The smallest absolute Gasteiger partial charge is 0.254 e. The van der Waals surface area contributed by atoms with Gasteiger partial charge in [-0.3, -0.25) is 14.4 Å². The van der Waals surface area contributed by atoms with Crippen LogP contribution in [0.5, 0.6) is 0 Å². The number of carbonyl (C=O) groups excluding carboxylic acids is 3. The molecule has 0 fully saturated rings. The fraction of sp³-hybridized carbons (Fsp3) is 0.225. The zero-order valence-corrected chi connectivity index (χ0v) is 27.0. The first-order valence-electron chi connectivity index (χ1n) is 16.0. The molecule has 47 heavy (non-hydrogen) atoms. The van der Waals surface area contributed by atoms with Crippen molar-refractivity contribution in [3.63, 3.8) is 0 Å². The third kappa shape index (κ3) is 8.51. The molecule has 0 unspecified atom stereocenters. The van der Waals surface area contributed by atoms with Gasteiger partial charge >= 0.3 is 0 Å². The average molecular weight is 627 g/mol.